The third kappa shape index (κ3) is 2.18. The zero-order valence-electron chi connectivity index (χ0n) is 6.88. The molecular formula is C6H7F3N2O2. The van der Waals surface area contributed by atoms with E-state index in [-0.39, 0.29) is 0 Å². The van der Waals surface area contributed by atoms with Crippen LogP contribution in [0.3, 0.4) is 0 Å². The van der Waals surface area contributed by atoms with Crippen LogP contribution < -0.4 is 0 Å². The summed E-state index contributed by atoms with van der Waals surface area (Å²) in [5, 5.41) is 15.0. The lowest BCUT2D eigenvalue weighted by Gasteiger charge is -2.10. The molecule has 1 aromatic rings. The highest BCUT2D eigenvalue weighted by Crippen LogP contribution is 2.29. The summed E-state index contributed by atoms with van der Waals surface area (Å²) in [7, 11) is 0. The van der Waals surface area contributed by atoms with Crippen LogP contribution in [0.1, 0.15) is 25.6 Å². The van der Waals surface area contributed by atoms with Gasteiger partial charge in [0.25, 0.3) is 0 Å². The Balaban J connectivity index is 3.01. The monoisotopic (exact) mass is 196 g/mol. The molecule has 0 saturated heterocycles. The molecule has 13 heavy (non-hydrogen) atoms. The van der Waals surface area contributed by atoms with Gasteiger partial charge in [0, 0.05) is 0 Å². The fraction of sp³-hybridized carbons (Fsp3) is 0.667. The summed E-state index contributed by atoms with van der Waals surface area (Å²) >= 11 is 0. The molecule has 4 nitrogen and oxygen atoms in total. The fourth-order valence-electron chi connectivity index (χ4n) is 0.585. The number of hydrogen-bond acceptors (Lipinski definition) is 4. The lowest BCUT2D eigenvalue weighted by atomic mass is 10.1. The summed E-state index contributed by atoms with van der Waals surface area (Å²) in [6, 6.07) is 0. The van der Waals surface area contributed by atoms with Gasteiger partial charge in [0.2, 0.25) is 5.89 Å². The first-order valence-corrected chi connectivity index (χ1v) is 3.35. The van der Waals surface area contributed by atoms with Crippen molar-refractivity contribution in [2.24, 2.45) is 0 Å². The molecule has 0 aromatic carbocycles. The summed E-state index contributed by atoms with van der Waals surface area (Å²) in [6.07, 6.45) is -4.67. The Morgan fingerprint density at radius 2 is 1.62 bits per heavy atom. The van der Waals surface area contributed by atoms with Gasteiger partial charge in [0.15, 0.2) is 0 Å². The second kappa shape index (κ2) is 2.69. The molecule has 0 aliphatic carbocycles. The highest BCUT2D eigenvalue weighted by molar-refractivity contribution is 4.93. The van der Waals surface area contributed by atoms with Gasteiger partial charge in [-0.2, -0.15) is 13.2 Å². The number of halogens is 3. The van der Waals surface area contributed by atoms with Crippen molar-refractivity contribution in [3.05, 3.63) is 11.8 Å². The lowest BCUT2D eigenvalue weighted by Crippen LogP contribution is -2.15. The second-order valence-electron chi connectivity index (χ2n) is 2.97. The number of alkyl halides is 3. The predicted molar refractivity (Wildman–Crippen MR) is 34.5 cm³/mol. The molecule has 0 amide bonds. The molecule has 0 saturated carbocycles. The number of rotatable bonds is 1. The maximum Gasteiger partial charge on any atom is 0.470 e. The zero-order chi connectivity index (χ0) is 10.3. The van der Waals surface area contributed by atoms with E-state index in [1.807, 2.05) is 0 Å². The summed E-state index contributed by atoms with van der Waals surface area (Å²) < 4.78 is 39.9. The Labute approximate surface area is 71.4 Å². The van der Waals surface area contributed by atoms with Crippen molar-refractivity contribution >= 4 is 0 Å². The highest BCUT2D eigenvalue weighted by atomic mass is 19.4. The van der Waals surface area contributed by atoms with Gasteiger partial charge in [0.1, 0.15) is 5.60 Å². The Morgan fingerprint density at radius 1 is 1.15 bits per heavy atom. The maximum absolute atomic E-state index is 11.9. The first-order valence-electron chi connectivity index (χ1n) is 3.35. The molecule has 0 fully saturated rings. The number of nitrogens with zero attached hydrogens (tertiary/aromatic N) is 2. The van der Waals surface area contributed by atoms with Gasteiger partial charge in [-0.1, -0.05) is 0 Å². The van der Waals surface area contributed by atoms with Crippen LogP contribution in [-0.2, 0) is 11.8 Å². The van der Waals surface area contributed by atoms with Gasteiger partial charge in [-0.05, 0) is 13.8 Å². The minimum absolute atomic E-state index is 0.458. The van der Waals surface area contributed by atoms with Crippen LogP contribution in [0.5, 0.6) is 0 Å². The van der Waals surface area contributed by atoms with E-state index in [0.29, 0.717) is 0 Å². The smallest absolute Gasteiger partial charge is 0.414 e. The van der Waals surface area contributed by atoms with Crippen LogP contribution in [0, 0.1) is 0 Å². The van der Waals surface area contributed by atoms with E-state index in [1.54, 1.807) is 0 Å². The normalized spacial score (nSPS) is 13.4. The Hall–Kier alpha value is -1.11. The number of hydrogen-bond donors (Lipinski definition) is 1. The van der Waals surface area contributed by atoms with Gasteiger partial charge in [-0.15, -0.1) is 10.2 Å². The third-order valence-electron chi connectivity index (χ3n) is 1.19. The van der Waals surface area contributed by atoms with Crippen LogP contribution in [0.4, 0.5) is 13.2 Å². The first kappa shape index (κ1) is 9.97. The van der Waals surface area contributed by atoms with Crippen LogP contribution >= 0.6 is 0 Å². The van der Waals surface area contributed by atoms with Gasteiger partial charge >= 0.3 is 12.1 Å². The summed E-state index contributed by atoms with van der Waals surface area (Å²) in [6.45, 7) is 2.50. The van der Waals surface area contributed by atoms with Crippen molar-refractivity contribution < 1.29 is 22.7 Å². The average molecular weight is 196 g/mol. The Morgan fingerprint density at radius 3 is 1.85 bits per heavy atom. The topological polar surface area (TPSA) is 59.2 Å². The quantitative estimate of drug-likeness (QED) is 0.735. The zero-order valence-corrected chi connectivity index (χ0v) is 6.88. The highest BCUT2D eigenvalue weighted by Gasteiger charge is 2.39. The SMILES string of the molecule is CC(C)(O)c1nnc(C(F)(F)F)o1. The second-order valence-corrected chi connectivity index (χ2v) is 2.97. The van der Waals surface area contributed by atoms with Crippen LogP contribution in [0.15, 0.2) is 4.42 Å². The van der Waals surface area contributed by atoms with Crippen LogP contribution in [0.25, 0.3) is 0 Å². The number of aliphatic hydroxyl groups is 1. The predicted octanol–water partition coefficient (Wildman–Crippen LogP) is 1.32. The first-order chi connectivity index (χ1) is 5.71. The molecule has 1 heterocycles. The molecule has 1 N–H and O–H groups in total. The van der Waals surface area contributed by atoms with Crippen molar-refractivity contribution in [3.8, 4) is 0 Å². The lowest BCUT2D eigenvalue weighted by molar-refractivity contribution is -0.158. The van der Waals surface area contributed by atoms with Crippen LogP contribution in [-0.4, -0.2) is 15.3 Å². The van der Waals surface area contributed by atoms with Crippen molar-refractivity contribution in [1.82, 2.24) is 10.2 Å². The molecular weight excluding hydrogens is 189 g/mol. The maximum atomic E-state index is 11.9. The largest absolute Gasteiger partial charge is 0.470 e. The molecule has 0 bridgehead atoms. The molecule has 0 spiro atoms. The van der Waals surface area contributed by atoms with E-state index in [0.717, 1.165) is 0 Å². The minimum Gasteiger partial charge on any atom is -0.414 e. The van der Waals surface area contributed by atoms with Crippen molar-refractivity contribution in [3.63, 3.8) is 0 Å². The van der Waals surface area contributed by atoms with Crippen LogP contribution in [0.2, 0.25) is 0 Å². The van der Waals surface area contributed by atoms with Crippen molar-refractivity contribution in [1.29, 1.82) is 0 Å². The Bertz CT molecular complexity index is 271. The average Bonchev–Trinajstić information content (AvgIpc) is 2.28. The van der Waals surface area contributed by atoms with E-state index >= 15 is 0 Å². The third-order valence-corrected chi connectivity index (χ3v) is 1.19. The van der Waals surface area contributed by atoms with E-state index in [4.69, 9.17) is 0 Å². The molecule has 1 aromatic heterocycles. The van der Waals surface area contributed by atoms with E-state index in [9.17, 15) is 18.3 Å². The molecule has 0 aliphatic heterocycles. The molecule has 1 rings (SSSR count). The van der Waals surface area contributed by atoms with Gasteiger partial charge in [-0.25, -0.2) is 0 Å². The summed E-state index contributed by atoms with van der Waals surface area (Å²) in [4.78, 5) is 0. The minimum atomic E-state index is -4.67. The molecule has 7 heteroatoms. The van der Waals surface area contributed by atoms with Gasteiger partial charge in [0.05, 0.1) is 0 Å². The standard InChI is InChI=1S/C6H7F3N2O2/c1-5(2,12)3-10-11-4(13-3)6(7,8)9/h12H,1-2H3. The number of aromatic nitrogens is 2. The van der Waals surface area contributed by atoms with Gasteiger partial charge in [-0.3, -0.25) is 0 Å². The van der Waals surface area contributed by atoms with E-state index in [1.165, 1.54) is 13.8 Å². The molecule has 0 unspecified atom stereocenters. The Kier molecular flexibility index (Phi) is 2.07. The van der Waals surface area contributed by atoms with E-state index < -0.39 is 23.6 Å². The molecule has 0 aliphatic rings. The van der Waals surface area contributed by atoms with Crippen molar-refractivity contribution in [2.75, 3.05) is 0 Å². The molecule has 0 atom stereocenters. The van der Waals surface area contributed by atoms with Crippen molar-refractivity contribution in [2.45, 2.75) is 25.6 Å². The van der Waals surface area contributed by atoms with Gasteiger partial charge < -0.3 is 9.52 Å². The fourth-order valence-corrected chi connectivity index (χ4v) is 0.585. The molecule has 74 valence electrons. The summed E-state index contributed by atoms with van der Waals surface area (Å²) in [5.41, 5.74) is -1.56. The molecule has 0 radical (unpaired) electrons. The van der Waals surface area contributed by atoms with E-state index in [2.05, 4.69) is 14.6 Å². The summed E-state index contributed by atoms with van der Waals surface area (Å²) in [5.74, 6) is -1.91.